The molecular weight excluding hydrogens is 620 g/mol. The number of anilines is 1. The van der Waals surface area contributed by atoms with E-state index in [-0.39, 0.29) is 11.1 Å². The van der Waals surface area contributed by atoms with Crippen LogP contribution in [0.5, 0.6) is 0 Å². The molecule has 6 rings (SSSR count). The zero-order chi connectivity index (χ0) is 32.0. The highest BCUT2D eigenvalue weighted by Gasteiger charge is 2.86. The maximum Gasteiger partial charge on any atom is 0.380 e. The summed E-state index contributed by atoms with van der Waals surface area (Å²) < 4.78 is 107. The molecule has 2 aromatic rings. The van der Waals surface area contributed by atoms with Gasteiger partial charge in [0.15, 0.2) is 9.87 Å². The number of nitrogens with zero attached hydrogens (tertiary/aromatic N) is 1. The van der Waals surface area contributed by atoms with E-state index < -0.39 is 49.9 Å². The number of methoxy groups -OCH3 is 2. The highest BCUT2D eigenvalue weighted by atomic mass is 32.2. The predicted molar refractivity (Wildman–Crippen MR) is 165 cm³/mol. The Morgan fingerprint density at radius 1 is 0.614 bits per heavy atom. The molecule has 2 aromatic carbocycles. The van der Waals surface area contributed by atoms with Crippen LogP contribution in [0.4, 0.5) is 32.0 Å². The van der Waals surface area contributed by atoms with Crippen LogP contribution in [0, 0.1) is 0 Å². The van der Waals surface area contributed by atoms with Gasteiger partial charge in [-0.3, -0.25) is 0 Å². The van der Waals surface area contributed by atoms with Gasteiger partial charge in [0, 0.05) is 65.1 Å². The number of rotatable bonds is 7. The molecule has 0 N–H and O–H groups in total. The summed E-state index contributed by atoms with van der Waals surface area (Å²) >= 11 is 2.06. The van der Waals surface area contributed by atoms with Crippen molar-refractivity contribution in [3.8, 4) is 0 Å². The van der Waals surface area contributed by atoms with Crippen LogP contribution in [0.2, 0.25) is 0 Å². The smallest absolute Gasteiger partial charge is 0.372 e. The lowest BCUT2D eigenvalue weighted by Gasteiger charge is -2.49. The molecule has 2 atom stereocenters. The molecule has 2 aliphatic heterocycles. The Labute approximate surface area is 261 Å². The molecule has 2 unspecified atom stereocenters. The van der Waals surface area contributed by atoms with E-state index in [1.807, 2.05) is 38.1 Å². The zero-order valence-electron chi connectivity index (χ0n) is 25.0. The van der Waals surface area contributed by atoms with Crippen molar-refractivity contribution in [2.45, 2.75) is 55.3 Å². The number of fused-ring (bicyclic) bond motifs is 4. The number of benzene rings is 2. The first kappa shape index (κ1) is 31.4. The van der Waals surface area contributed by atoms with E-state index in [1.165, 1.54) is 28.1 Å². The minimum Gasteiger partial charge on any atom is -0.372 e. The molecule has 1 saturated carbocycles. The Hall–Kier alpha value is -2.60. The molecule has 2 heterocycles. The molecule has 2 aliphatic carbocycles. The van der Waals surface area contributed by atoms with Crippen molar-refractivity contribution in [2.24, 2.45) is 0 Å². The Kier molecular flexibility index (Phi) is 7.28. The molecule has 0 spiro atoms. The quantitative estimate of drug-likeness (QED) is 0.278. The monoisotopic (exact) mass is 651 g/mol. The van der Waals surface area contributed by atoms with Crippen molar-refractivity contribution < 1.29 is 35.8 Å². The van der Waals surface area contributed by atoms with E-state index in [0.717, 1.165) is 42.3 Å². The number of allylic oxidation sites excluding steroid dienone is 2. The van der Waals surface area contributed by atoms with Gasteiger partial charge in [0.25, 0.3) is 0 Å². The number of hydrogen-bond donors (Lipinski definition) is 0. The summed E-state index contributed by atoms with van der Waals surface area (Å²) in [5.41, 5.74) is -1.06. The van der Waals surface area contributed by atoms with Crippen LogP contribution in [0.3, 0.4) is 0 Å². The van der Waals surface area contributed by atoms with Crippen LogP contribution in [-0.4, -0.2) is 54.9 Å². The molecule has 0 saturated heterocycles. The molecule has 0 radical (unpaired) electrons. The average Bonchev–Trinajstić information content (AvgIpc) is 3.53. The molecule has 0 amide bonds. The van der Waals surface area contributed by atoms with Crippen LogP contribution < -0.4 is 4.90 Å². The third-order valence-corrected chi connectivity index (χ3v) is 12.6. The van der Waals surface area contributed by atoms with Gasteiger partial charge in [-0.2, -0.15) is 26.3 Å². The van der Waals surface area contributed by atoms with Crippen LogP contribution in [-0.2, 0) is 9.47 Å². The molecule has 3 nitrogen and oxygen atoms in total. The van der Waals surface area contributed by atoms with E-state index in [9.17, 15) is 0 Å². The van der Waals surface area contributed by atoms with E-state index in [4.69, 9.17) is 9.47 Å². The van der Waals surface area contributed by atoms with Gasteiger partial charge in [-0.05, 0) is 62.1 Å². The second-order valence-corrected chi connectivity index (χ2v) is 13.4. The Morgan fingerprint density at radius 3 is 1.41 bits per heavy atom. The largest absolute Gasteiger partial charge is 0.380 e. The van der Waals surface area contributed by atoms with Crippen molar-refractivity contribution in [3.05, 3.63) is 99.2 Å². The zero-order valence-corrected chi connectivity index (χ0v) is 26.6. The van der Waals surface area contributed by atoms with Gasteiger partial charge in [-0.15, -0.1) is 0 Å². The van der Waals surface area contributed by atoms with E-state index in [1.54, 1.807) is 30.3 Å². The first-order chi connectivity index (χ1) is 20.7. The number of ether oxygens (including phenoxy) is 2. The predicted octanol–water partition coefficient (Wildman–Crippen LogP) is 9.40. The third-order valence-electron chi connectivity index (χ3n) is 9.05. The lowest BCUT2D eigenvalue weighted by molar-refractivity contribution is -0.258. The second-order valence-electron chi connectivity index (χ2n) is 11.1. The summed E-state index contributed by atoms with van der Waals surface area (Å²) in [6.07, 6.45) is 0. The average molecular weight is 652 g/mol. The molecular formula is C33H31F6NO2S2. The normalized spacial score (nSPS) is 28.1. The lowest BCUT2D eigenvalue weighted by atomic mass is 9.76. The van der Waals surface area contributed by atoms with Gasteiger partial charge < -0.3 is 14.4 Å². The van der Waals surface area contributed by atoms with Gasteiger partial charge in [0.05, 0.1) is 0 Å². The van der Waals surface area contributed by atoms with Gasteiger partial charge in [0.1, 0.15) is 0 Å². The van der Waals surface area contributed by atoms with Gasteiger partial charge >= 0.3 is 17.8 Å². The topological polar surface area (TPSA) is 21.7 Å². The fourth-order valence-electron chi connectivity index (χ4n) is 6.93. The third kappa shape index (κ3) is 3.64. The fourth-order valence-corrected chi connectivity index (χ4v) is 10.3. The molecule has 0 bridgehead atoms. The van der Waals surface area contributed by atoms with E-state index >= 15 is 26.3 Å². The second kappa shape index (κ2) is 10.2. The van der Waals surface area contributed by atoms with Gasteiger partial charge in [0.2, 0.25) is 0 Å². The van der Waals surface area contributed by atoms with Crippen LogP contribution in [0.25, 0.3) is 9.81 Å². The Balaban J connectivity index is 1.69. The van der Waals surface area contributed by atoms with Gasteiger partial charge in [-0.25, -0.2) is 0 Å². The summed E-state index contributed by atoms with van der Waals surface area (Å²) in [5.74, 6) is -16.1. The molecule has 234 valence electrons. The molecule has 4 aliphatic rings. The standard InChI is InChI=1S/C33H31F6NO2S2/c1-7-40(8-2)22-16-14-21(15-17-22)28-19(4)24-26-25(29(34,35)33(38,39)30(26,36)37)23-18(3)27(20-12-10-9-11-13-20)43-31(23,41-5)32(24,42-6)44-28/h9-17H,7-8H2,1-6H3. The fraction of sp³-hybridized carbons (Fsp3) is 0.394. The number of hydrogen-bond acceptors (Lipinski definition) is 5. The summed E-state index contributed by atoms with van der Waals surface area (Å²) in [6.45, 7) is 8.58. The summed E-state index contributed by atoms with van der Waals surface area (Å²) in [5, 5.41) is 0. The first-order valence-electron chi connectivity index (χ1n) is 14.2. The summed E-state index contributed by atoms with van der Waals surface area (Å²) in [7, 11) is 2.55. The summed E-state index contributed by atoms with van der Waals surface area (Å²) in [4.78, 5) is -0.765. The van der Waals surface area contributed by atoms with Crippen LogP contribution in [0.15, 0.2) is 88.0 Å². The lowest BCUT2D eigenvalue weighted by Crippen LogP contribution is -2.56. The molecule has 1 fully saturated rings. The Morgan fingerprint density at radius 2 is 1.02 bits per heavy atom. The Bertz CT molecular complexity index is 1660. The highest BCUT2D eigenvalue weighted by molar-refractivity contribution is 8.14. The van der Waals surface area contributed by atoms with Crippen molar-refractivity contribution in [1.82, 2.24) is 0 Å². The number of halogens is 6. The van der Waals surface area contributed by atoms with Gasteiger partial charge in [-0.1, -0.05) is 66.0 Å². The van der Waals surface area contributed by atoms with Crippen molar-refractivity contribution in [3.63, 3.8) is 0 Å². The summed E-state index contributed by atoms with van der Waals surface area (Å²) in [6, 6.07) is 16.2. The van der Waals surface area contributed by atoms with Crippen LogP contribution in [0.1, 0.15) is 38.8 Å². The molecule has 44 heavy (non-hydrogen) atoms. The first-order valence-corrected chi connectivity index (χ1v) is 15.8. The SMILES string of the molecule is CCN(CC)c1ccc(C2=C(C)C3=C4C(=C5C(C)=C(c6ccccc6)SC5(OC)C3(OC)S2)C(F)(F)C(F)(F)C4(F)F)cc1. The maximum absolute atomic E-state index is 16.0. The highest BCUT2D eigenvalue weighted by Crippen LogP contribution is 2.77. The van der Waals surface area contributed by atoms with Crippen molar-refractivity contribution >= 4 is 39.0 Å². The molecule has 0 aromatic heterocycles. The number of thioether (sulfide) groups is 2. The van der Waals surface area contributed by atoms with E-state index in [2.05, 4.69) is 4.90 Å². The van der Waals surface area contributed by atoms with Crippen molar-refractivity contribution in [2.75, 3.05) is 32.2 Å². The molecule has 11 heteroatoms. The maximum atomic E-state index is 16.0. The number of alkyl halides is 6. The minimum atomic E-state index is -5.69. The van der Waals surface area contributed by atoms with Crippen LogP contribution >= 0.6 is 23.5 Å². The van der Waals surface area contributed by atoms with E-state index in [0.29, 0.717) is 20.9 Å². The van der Waals surface area contributed by atoms with Crippen molar-refractivity contribution in [1.29, 1.82) is 0 Å². The minimum absolute atomic E-state index is 0.162.